The lowest BCUT2D eigenvalue weighted by atomic mass is 10.1. The number of anilines is 2. The molecule has 0 atom stereocenters. The normalized spacial score (nSPS) is 13.4. The van der Waals surface area contributed by atoms with Crippen molar-refractivity contribution in [3.63, 3.8) is 0 Å². The van der Waals surface area contributed by atoms with Gasteiger partial charge in [0, 0.05) is 43.5 Å². The number of rotatable bonds is 5. The zero-order valence-electron chi connectivity index (χ0n) is 17.6. The molecular formula is C23H27N5O2. The van der Waals surface area contributed by atoms with Crippen molar-refractivity contribution in [1.29, 1.82) is 0 Å². The maximum absolute atomic E-state index is 12.4. The fraction of sp³-hybridized carbons (Fsp3) is 0.348. The molecule has 0 saturated heterocycles. The van der Waals surface area contributed by atoms with Gasteiger partial charge < -0.3 is 20.1 Å². The number of fused-ring (bicyclic) bond motifs is 3. The summed E-state index contributed by atoms with van der Waals surface area (Å²) in [6.07, 6.45) is 0. The molecule has 4 rings (SSSR count). The van der Waals surface area contributed by atoms with Crippen molar-refractivity contribution in [3.05, 3.63) is 53.9 Å². The zero-order valence-corrected chi connectivity index (χ0v) is 17.6. The summed E-state index contributed by atoms with van der Waals surface area (Å²) in [4.78, 5) is 30.7. The third-order valence-corrected chi connectivity index (χ3v) is 5.24. The molecule has 0 bridgehead atoms. The zero-order chi connectivity index (χ0) is 21.3. The molecule has 0 fully saturated rings. The summed E-state index contributed by atoms with van der Waals surface area (Å²) in [6, 6.07) is 13.6. The van der Waals surface area contributed by atoms with E-state index in [9.17, 15) is 9.59 Å². The first-order valence-electron chi connectivity index (χ1n) is 10.3. The van der Waals surface area contributed by atoms with Crippen LogP contribution in [0.2, 0.25) is 0 Å². The molecule has 0 unspecified atom stereocenters. The van der Waals surface area contributed by atoms with Gasteiger partial charge in [-0.05, 0) is 48.4 Å². The minimum absolute atomic E-state index is 0.0579. The summed E-state index contributed by atoms with van der Waals surface area (Å²) < 4.78 is 2.23. The third kappa shape index (κ3) is 4.15. The van der Waals surface area contributed by atoms with Gasteiger partial charge in [-0.2, -0.15) is 0 Å². The minimum Gasteiger partial charge on any atom is -0.362 e. The van der Waals surface area contributed by atoms with Crippen LogP contribution < -0.4 is 15.5 Å². The van der Waals surface area contributed by atoms with E-state index in [1.165, 1.54) is 6.92 Å². The quantitative estimate of drug-likeness (QED) is 0.682. The molecular weight excluding hydrogens is 378 g/mol. The van der Waals surface area contributed by atoms with Gasteiger partial charge in [0.05, 0.1) is 17.6 Å². The molecule has 1 aromatic heterocycles. The van der Waals surface area contributed by atoms with E-state index in [-0.39, 0.29) is 11.8 Å². The van der Waals surface area contributed by atoms with E-state index in [4.69, 9.17) is 4.98 Å². The predicted molar refractivity (Wildman–Crippen MR) is 119 cm³/mol. The second kappa shape index (κ2) is 8.18. The van der Waals surface area contributed by atoms with Crippen LogP contribution in [0.25, 0.3) is 11.0 Å². The van der Waals surface area contributed by atoms with E-state index in [1.807, 2.05) is 42.5 Å². The number of nitrogens with one attached hydrogen (secondary N) is 2. The Morgan fingerprint density at radius 2 is 1.87 bits per heavy atom. The molecule has 0 saturated carbocycles. The number of benzene rings is 2. The average Bonchev–Trinajstić information content (AvgIpc) is 3.09. The van der Waals surface area contributed by atoms with Crippen LogP contribution in [-0.2, 0) is 17.9 Å². The van der Waals surface area contributed by atoms with Crippen molar-refractivity contribution in [2.45, 2.75) is 33.9 Å². The number of aromatic nitrogens is 2. The first-order valence-corrected chi connectivity index (χ1v) is 10.3. The average molecular weight is 406 g/mol. The molecule has 2 N–H and O–H groups in total. The summed E-state index contributed by atoms with van der Waals surface area (Å²) in [5.74, 6) is 1.27. The number of imidazole rings is 1. The number of nitrogens with zero attached hydrogens (tertiary/aromatic N) is 3. The van der Waals surface area contributed by atoms with Crippen molar-refractivity contribution in [3.8, 4) is 0 Å². The Bertz CT molecular complexity index is 1080. The Balaban J connectivity index is 1.52. The van der Waals surface area contributed by atoms with Crippen molar-refractivity contribution in [2.75, 3.05) is 23.3 Å². The highest BCUT2D eigenvalue weighted by Gasteiger charge is 2.21. The Morgan fingerprint density at radius 3 is 2.57 bits per heavy atom. The number of carbonyl (C=O) groups excluding carboxylic acids is 2. The van der Waals surface area contributed by atoms with Gasteiger partial charge in [-0.25, -0.2) is 4.98 Å². The van der Waals surface area contributed by atoms with Gasteiger partial charge in [-0.3, -0.25) is 9.59 Å². The van der Waals surface area contributed by atoms with Crippen LogP contribution >= 0.6 is 0 Å². The topological polar surface area (TPSA) is 79.3 Å². The van der Waals surface area contributed by atoms with Gasteiger partial charge in [0.1, 0.15) is 5.82 Å². The summed E-state index contributed by atoms with van der Waals surface area (Å²) in [6.45, 7) is 8.71. The van der Waals surface area contributed by atoms with Crippen LogP contribution in [-0.4, -0.2) is 34.5 Å². The van der Waals surface area contributed by atoms with Crippen LogP contribution in [0.5, 0.6) is 0 Å². The first kappa shape index (κ1) is 19.9. The molecule has 1 aliphatic rings. The molecule has 30 heavy (non-hydrogen) atoms. The first-order chi connectivity index (χ1) is 14.4. The summed E-state index contributed by atoms with van der Waals surface area (Å²) >= 11 is 0. The lowest BCUT2D eigenvalue weighted by Crippen LogP contribution is -2.33. The van der Waals surface area contributed by atoms with E-state index in [2.05, 4.69) is 33.9 Å². The highest BCUT2D eigenvalue weighted by Crippen LogP contribution is 2.26. The maximum atomic E-state index is 12.4. The summed E-state index contributed by atoms with van der Waals surface area (Å²) in [7, 11) is 0. The second-order valence-corrected chi connectivity index (χ2v) is 8.14. The molecule has 156 valence electrons. The number of hydrogen-bond donors (Lipinski definition) is 2. The second-order valence-electron chi connectivity index (χ2n) is 8.14. The Hall–Kier alpha value is -3.35. The smallest absolute Gasteiger partial charge is 0.251 e. The number of carbonyl (C=O) groups is 2. The lowest BCUT2D eigenvalue weighted by Gasteiger charge is -2.30. The molecule has 0 spiro atoms. The van der Waals surface area contributed by atoms with Crippen molar-refractivity contribution in [1.82, 2.24) is 14.9 Å². The molecule has 3 aromatic rings. The van der Waals surface area contributed by atoms with Gasteiger partial charge in [0.2, 0.25) is 5.91 Å². The molecule has 0 aliphatic carbocycles. The highest BCUT2D eigenvalue weighted by atomic mass is 16.2. The van der Waals surface area contributed by atoms with Gasteiger partial charge in [0.25, 0.3) is 5.91 Å². The van der Waals surface area contributed by atoms with Gasteiger partial charge in [-0.1, -0.05) is 13.8 Å². The van der Waals surface area contributed by atoms with Crippen molar-refractivity contribution in [2.24, 2.45) is 5.92 Å². The van der Waals surface area contributed by atoms with Crippen LogP contribution in [0.15, 0.2) is 42.5 Å². The Kier molecular flexibility index (Phi) is 5.44. The molecule has 0 radical (unpaired) electrons. The third-order valence-electron chi connectivity index (χ3n) is 5.24. The molecule has 2 aromatic carbocycles. The largest absolute Gasteiger partial charge is 0.362 e. The lowest BCUT2D eigenvalue weighted by molar-refractivity contribution is -0.114. The van der Waals surface area contributed by atoms with Crippen LogP contribution in [0.3, 0.4) is 0 Å². The highest BCUT2D eigenvalue weighted by molar-refractivity contribution is 5.97. The Morgan fingerprint density at radius 1 is 1.10 bits per heavy atom. The van der Waals surface area contributed by atoms with Crippen LogP contribution in [0, 0.1) is 5.92 Å². The van der Waals surface area contributed by atoms with Crippen LogP contribution in [0.4, 0.5) is 11.4 Å². The van der Waals surface area contributed by atoms with E-state index >= 15 is 0 Å². The van der Waals surface area contributed by atoms with E-state index < -0.39 is 0 Å². The van der Waals surface area contributed by atoms with Crippen molar-refractivity contribution < 1.29 is 9.59 Å². The molecule has 2 heterocycles. The SMILES string of the molecule is CC(=O)Nc1ccc(N2CCn3c(nc4cc(C(=O)NCC(C)C)ccc43)C2)cc1. The molecule has 7 nitrogen and oxygen atoms in total. The van der Waals surface area contributed by atoms with E-state index in [0.29, 0.717) is 24.6 Å². The summed E-state index contributed by atoms with van der Waals surface area (Å²) in [5.41, 5.74) is 4.44. The fourth-order valence-corrected chi connectivity index (χ4v) is 3.74. The standard InChI is InChI=1S/C23H27N5O2/c1-15(2)13-24-23(30)17-4-9-21-20(12-17)26-22-14-27(10-11-28(21)22)19-7-5-18(6-8-19)25-16(3)29/h4-9,12,15H,10-11,13-14H2,1-3H3,(H,24,30)(H,25,29). The monoisotopic (exact) mass is 405 g/mol. The van der Waals surface area contributed by atoms with E-state index in [0.717, 1.165) is 41.3 Å². The minimum atomic E-state index is -0.0771. The molecule has 1 aliphatic heterocycles. The predicted octanol–water partition coefficient (Wildman–Crippen LogP) is 3.40. The Labute approximate surface area is 176 Å². The van der Waals surface area contributed by atoms with Gasteiger partial charge in [0.15, 0.2) is 0 Å². The number of hydrogen-bond acceptors (Lipinski definition) is 4. The number of amides is 2. The van der Waals surface area contributed by atoms with Gasteiger partial charge >= 0.3 is 0 Å². The fourth-order valence-electron chi connectivity index (χ4n) is 3.74. The molecule has 7 heteroatoms. The molecule has 2 amide bonds. The summed E-state index contributed by atoms with van der Waals surface area (Å²) in [5, 5.41) is 5.75. The van der Waals surface area contributed by atoms with Crippen molar-refractivity contribution >= 4 is 34.2 Å². The van der Waals surface area contributed by atoms with Gasteiger partial charge in [-0.15, -0.1) is 0 Å². The van der Waals surface area contributed by atoms with Crippen LogP contribution in [0.1, 0.15) is 37.0 Å². The van der Waals surface area contributed by atoms with E-state index in [1.54, 1.807) is 0 Å². The maximum Gasteiger partial charge on any atom is 0.251 e.